The van der Waals surface area contributed by atoms with Crippen LogP contribution in [0, 0.1) is 0 Å². The summed E-state index contributed by atoms with van der Waals surface area (Å²) >= 11 is 3.30. The zero-order valence-corrected chi connectivity index (χ0v) is 10.3. The Labute approximate surface area is 102 Å². The smallest absolute Gasteiger partial charge is 0.325 e. The molecule has 0 bridgehead atoms. The van der Waals surface area contributed by atoms with Gasteiger partial charge >= 0.3 is 5.97 Å². The maximum Gasteiger partial charge on any atom is 0.325 e. The molecule has 0 unspecified atom stereocenters. The van der Waals surface area contributed by atoms with Gasteiger partial charge in [0.2, 0.25) is 5.91 Å². The number of nitrogens with one attached hydrogen (secondary N) is 1. The first-order chi connectivity index (χ1) is 7.49. The van der Waals surface area contributed by atoms with Crippen molar-refractivity contribution in [3.8, 4) is 0 Å². The molecule has 0 saturated carbocycles. The molecule has 0 spiro atoms. The number of aliphatic carboxylic acids is 1. The van der Waals surface area contributed by atoms with Gasteiger partial charge in [0.05, 0.1) is 6.42 Å². The fourth-order valence-corrected chi connectivity index (χ4v) is 1.63. The van der Waals surface area contributed by atoms with E-state index in [1.807, 2.05) is 24.3 Å². The Morgan fingerprint density at radius 1 is 1.50 bits per heavy atom. The number of carbonyl (C=O) groups excluding carboxylic acids is 1. The molecule has 0 radical (unpaired) electrons. The number of carboxylic acid groups (broad SMARTS) is 1. The molecule has 86 valence electrons. The summed E-state index contributed by atoms with van der Waals surface area (Å²) in [4.78, 5) is 22.0. The number of hydrogen-bond acceptors (Lipinski definition) is 2. The van der Waals surface area contributed by atoms with Gasteiger partial charge in [-0.05, 0) is 24.6 Å². The molecular formula is C11H12BrNO3. The summed E-state index contributed by atoms with van der Waals surface area (Å²) in [5.41, 5.74) is 0.837. The van der Waals surface area contributed by atoms with E-state index in [9.17, 15) is 9.59 Å². The summed E-state index contributed by atoms with van der Waals surface area (Å²) in [7, 11) is 0. The average molecular weight is 286 g/mol. The molecule has 0 aromatic heterocycles. The van der Waals surface area contributed by atoms with Crippen LogP contribution in [-0.4, -0.2) is 23.0 Å². The van der Waals surface area contributed by atoms with Crippen LogP contribution in [0.5, 0.6) is 0 Å². The van der Waals surface area contributed by atoms with Crippen LogP contribution in [-0.2, 0) is 16.0 Å². The normalized spacial score (nSPS) is 11.9. The molecule has 0 heterocycles. The van der Waals surface area contributed by atoms with Gasteiger partial charge in [-0.15, -0.1) is 0 Å². The third-order valence-electron chi connectivity index (χ3n) is 2.00. The Morgan fingerprint density at radius 2 is 2.19 bits per heavy atom. The van der Waals surface area contributed by atoms with Crippen molar-refractivity contribution in [3.05, 3.63) is 34.3 Å². The number of halogens is 1. The highest BCUT2D eigenvalue weighted by molar-refractivity contribution is 9.10. The van der Waals surface area contributed by atoms with Gasteiger partial charge in [0, 0.05) is 4.47 Å². The summed E-state index contributed by atoms with van der Waals surface area (Å²) in [5, 5.41) is 11.0. The van der Waals surface area contributed by atoms with Gasteiger partial charge in [-0.25, -0.2) is 0 Å². The van der Waals surface area contributed by atoms with Crippen molar-refractivity contribution in [1.82, 2.24) is 5.32 Å². The van der Waals surface area contributed by atoms with Gasteiger partial charge in [0.1, 0.15) is 6.04 Å². The van der Waals surface area contributed by atoms with Crippen LogP contribution in [0.1, 0.15) is 12.5 Å². The van der Waals surface area contributed by atoms with Gasteiger partial charge in [-0.3, -0.25) is 9.59 Å². The predicted octanol–water partition coefficient (Wildman–Crippen LogP) is 1.58. The molecule has 16 heavy (non-hydrogen) atoms. The lowest BCUT2D eigenvalue weighted by Gasteiger charge is -2.09. The highest BCUT2D eigenvalue weighted by atomic mass is 79.9. The molecule has 4 nitrogen and oxygen atoms in total. The second-order valence-corrected chi connectivity index (χ2v) is 4.35. The molecule has 1 amide bonds. The Balaban J connectivity index is 2.55. The van der Waals surface area contributed by atoms with E-state index in [-0.39, 0.29) is 12.3 Å². The van der Waals surface area contributed by atoms with Crippen LogP contribution in [0.2, 0.25) is 0 Å². The van der Waals surface area contributed by atoms with Gasteiger partial charge in [-0.1, -0.05) is 28.1 Å². The van der Waals surface area contributed by atoms with Crippen molar-refractivity contribution in [2.24, 2.45) is 0 Å². The Hall–Kier alpha value is -1.36. The minimum Gasteiger partial charge on any atom is -0.480 e. The fraction of sp³-hybridized carbons (Fsp3) is 0.273. The van der Waals surface area contributed by atoms with E-state index < -0.39 is 12.0 Å². The molecule has 1 aromatic carbocycles. The third kappa shape index (κ3) is 4.02. The summed E-state index contributed by atoms with van der Waals surface area (Å²) in [6.45, 7) is 1.43. The molecular weight excluding hydrogens is 274 g/mol. The first kappa shape index (κ1) is 12.7. The molecule has 0 saturated heterocycles. The van der Waals surface area contributed by atoms with Crippen LogP contribution in [0.3, 0.4) is 0 Å². The maximum atomic E-state index is 11.4. The second kappa shape index (κ2) is 5.65. The molecule has 1 rings (SSSR count). The lowest BCUT2D eigenvalue weighted by molar-refractivity contribution is -0.141. The van der Waals surface area contributed by atoms with Crippen molar-refractivity contribution in [2.45, 2.75) is 19.4 Å². The second-order valence-electron chi connectivity index (χ2n) is 3.43. The first-order valence-corrected chi connectivity index (χ1v) is 5.55. The molecule has 0 fully saturated rings. The van der Waals surface area contributed by atoms with Crippen LogP contribution >= 0.6 is 15.9 Å². The van der Waals surface area contributed by atoms with Gasteiger partial charge in [-0.2, -0.15) is 0 Å². The summed E-state index contributed by atoms with van der Waals surface area (Å²) in [5.74, 6) is -1.34. The van der Waals surface area contributed by atoms with E-state index in [4.69, 9.17) is 5.11 Å². The Bertz CT molecular complexity index is 406. The number of carboxylic acids is 1. The molecule has 2 N–H and O–H groups in total. The summed E-state index contributed by atoms with van der Waals surface area (Å²) in [6, 6.07) is 6.47. The largest absolute Gasteiger partial charge is 0.480 e. The number of amides is 1. The molecule has 1 atom stereocenters. The van der Waals surface area contributed by atoms with Crippen molar-refractivity contribution >= 4 is 27.8 Å². The van der Waals surface area contributed by atoms with Gasteiger partial charge in [0.15, 0.2) is 0 Å². The molecule has 5 heteroatoms. The predicted molar refractivity (Wildman–Crippen MR) is 63.1 cm³/mol. The van der Waals surface area contributed by atoms with Gasteiger partial charge in [0.25, 0.3) is 0 Å². The Kier molecular flexibility index (Phi) is 4.49. The lowest BCUT2D eigenvalue weighted by atomic mass is 10.1. The van der Waals surface area contributed by atoms with E-state index in [1.54, 1.807) is 0 Å². The van der Waals surface area contributed by atoms with Crippen molar-refractivity contribution in [3.63, 3.8) is 0 Å². The fourth-order valence-electron chi connectivity index (χ4n) is 1.19. The maximum absolute atomic E-state index is 11.4. The van der Waals surface area contributed by atoms with E-state index >= 15 is 0 Å². The summed E-state index contributed by atoms with van der Waals surface area (Å²) in [6.07, 6.45) is 0.178. The topological polar surface area (TPSA) is 66.4 Å². The molecule has 0 aliphatic heterocycles. The van der Waals surface area contributed by atoms with Crippen molar-refractivity contribution in [2.75, 3.05) is 0 Å². The highest BCUT2D eigenvalue weighted by Crippen LogP contribution is 2.11. The number of carbonyl (C=O) groups is 2. The number of benzene rings is 1. The third-order valence-corrected chi connectivity index (χ3v) is 2.49. The first-order valence-electron chi connectivity index (χ1n) is 4.75. The van der Waals surface area contributed by atoms with Crippen LogP contribution in [0.25, 0.3) is 0 Å². The monoisotopic (exact) mass is 285 g/mol. The quantitative estimate of drug-likeness (QED) is 0.883. The van der Waals surface area contributed by atoms with Crippen molar-refractivity contribution in [1.29, 1.82) is 0 Å². The minimum absolute atomic E-state index is 0.178. The van der Waals surface area contributed by atoms with Gasteiger partial charge < -0.3 is 10.4 Å². The number of rotatable bonds is 4. The van der Waals surface area contributed by atoms with Crippen LogP contribution in [0.4, 0.5) is 0 Å². The van der Waals surface area contributed by atoms with E-state index in [2.05, 4.69) is 21.2 Å². The highest BCUT2D eigenvalue weighted by Gasteiger charge is 2.13. The van der Waals surface area contributed by atoms with Crippen molar-refractivity contribution < 1.29 is 14.7 Å². The zero-order valence-electron chi connectivity index (χ0n) is 8.74. The Morgan fingerprint density at radius 3 is 2.75 bits per heavy atom. The van der Waals surface area contributed by atoms with E-state index in [0.717, 1.165) is 10.0 Å². The average Bonchev–Trinajstić information content (AvgIpc) is 2.16. The molecule has 1 aromatic rings. The van der Waals surface area contributed by atoms with Crippen LogP contribution < -0.4 is 5.32 Å². The lowest BCUT2D eigenvalue weighted by Crippen LogP contribution is -2.39. The SMILES string of the molecule is C[C@H](NC(=O)Cc1cccc(Br)c1)C(=O)O. The standard InChI is InChI=1S/C11H12BrNO3/c1-7(11(15)16)13-10(14)6-8-3-2-4-9(12)5-8/h2-5,7H,6H2,1H3,(H,13,14)(H,15,16)/t7-/m0/s1. The summed E-state index contributed by atoms with van der Waals surface area (Å²) < 4.78 is 0.893. The van der Waals surface area contributed by atoms with Crippen LogP contribution in [0.15, 0.2) is 28.7 Å². The van der Waals surface area contributed by atoms with E-state index in [1.165, 1.54) is 6.92 Å². The number of hydrogen-bond donors (Lipinski definition) is 2. The van der Waals surface area contributed by atoms with E-state index in [0.29, 0.717) is 0 Å². The molecule has 0 aliphatic rings. The molecule has 0 aliphatic carbocycles. The minimum atomic E-state index is -1.04. The zero-order chi connectivity index (χ0) is 12.1.